The number of halogens is 3. The highest BCUT2D eigenvalue weighted by Crippen LogP contribution is 2.17. The SMILES string of the molecule is Cc1nc2ccc(Br)cn2c1CCl.Cl. The Labute approximate surface area is 102 Å². The summed E-state index contributed by atoms with van der Waals surface area (Å²) in [5.41, 5.74) is 2.99. The molecule has 0 unspecified atom stereocenters. The average molecular weight is 296 g/mol. The molecule has 0 fully saturated rings. The number of imidazole rings is 1. The first-order valence-electron chi connectivity index (χ1n) is 3.91. The standard InChI is InChI=1S/C9H8BrClN2.ClH/c1-6-8(4-11)13-5-7(10)2-3-9(13)12-6;/h2-3,5H,4H2,1H3;1H. The zero-order chi connectivity index (χ0) is 9.42. The highest BCUT2D eigenvalue weighted by Gasteiger charge is 2.06. The molecule has 0 aromatic carbocycles. The van der Waals surface area contributed by atoms with Crippen molar-refractivity contribution in [2.45, 2.75) is 12.8 Å². The summed E-state index contributed by atoms with van der Waals surface area (Å²) in [6, 6.07) is 3.94. The fourth-order valence-electron chi connectivity index (χ4n) is 1.35. The van der Waals surface area contributed by atoms with E-state index in [1.165, 1.54) is 0 Å². The van der Waals surface area contributed by atoms with Gasteiger partial charge in [0.2, 0.25) is 0 Å². The van der Waals surface area contributed by atoms with Crippen molar-refractivity contribution in [1.29, 1.82) is 0 Å². The van der Waals surface area contributed by atoms with E-state index in [2.05, 4.69) is 20.9 Å². The van der Waals surface area contributed by atoms with Crippen LogP contribution in [0.5, 0.6) is 0 Å². The quantitative estimate of drug-likeness (QED) is 0.735. The van der Waals surface area contributed by atoms with Crippen LogP contribution in [0.3, 0.4) is 0 Å². The van der Waals surface area contributed by atoms with Gasteiger partial charge in [-0.3, -0.25) is 0 Å². The second-order valence-electron chi connectivity index (χ2n) is 2.85. The van der Waals surface area contributed by atoms with Gasteiger partial charge in [0.1, 0.15) is 5.65 Å². The van der Waals surface area contributed by atoms with E-state index in [9.17, 15) is 0 Å². The molecule has 14 heavy (non-hydrogen) atoms. The topological polar surface area (TPSA) is 17.3 Å². The smallest absolute Gasteiger partial charge is 0.137 e. The molecule has 0 atom stereocenters. The number of hydrogen-bond acceptors (Lipinski definition) is 1. The molecule has 5 heteroatoms. The molecule has 0 aliphatic carbocycles. The molecule has 2 rings (SSSR count). The van der Waals surface area contributed by atoms with Crippen molar-refractivity contribution in [2.75, 3.05) is 0 Å². The predicted molar refractivity (Wildman–Crippen MR) is 64.4 cm³/mol. The Bertz CT molecular complexity index is 453. The minimum absolute atomic E-state index is 0. The van der Waals surface area contributed by atoms with Gasteiger partial charge in [-0.05, 0) is 35.0 Å². The van der Waals surface area contributed by atoms with Crippen LogP contribution in [0, 0.1) is 6.92 Å². The van der Waals surface area contributed by atoms with Gasteiger partial charge in [-0.2, -0.15) is 0 Å². The van der Waals surface area contributed by atoms with Crippen LogP contribution in [0.4, 0.5) is 0 Å². The van der Waals surface area contributed by atoms with Gasteiger partial charge < -0.3 is 4.40 Å². The summed E-state index contributed by atoms with van der Waals surface area (Å²) in [5, 5.41) is 0. The number of aryl methyl sites for hydroxylation is 1. The van der Waals surface area contributed by atoms with Crippen LogP contribution >= 0.6 is 39.9 Å². The van der Waals surface area contributed by atoms with Crippen LogP contribution < -0.4 is 0 Å². The van der Waals surface area contributed by atoms with Crippen molar-refractivity contribution in [1.82, 2.24) is 9.38 Å². The summed E-state index contributed by atoms with van der Waals surface area (Å²) in [6.45, 7) is 1.97. The van der Waals surface area contributed by atoms with Gasteiger partial charge in [-0.1, -0.05) is 0 Å². The van der Waals surface area contributed by atoms with E-state index in [0.717, 1.165) is 21.5 Å². The van der Waals surface area contributed by atoms with Gasteiger partial charge in [0.25, 0.3) is 0 Å². The van der Waals surface area contributed by atoms with Crippen LogP contribution in [0.1, 0.15) is 11.4 Å². The molecule has 0 saturated heterocycles. The van der Waals surface area contributed by atoms with Crippen molar-refractivity contribution >= 4 is 45.6 Å². The van der Waals surface area contributed by atoms with Crippen molar-refractivity contribution in [3.63, 3.8) is 0 Å². The number of rotatable bonds is 1. The second-order valence-corrected chi connectivity index (χ2v) is 4.04. The third kappa shape index (κ3) is 1.90. The Morgan fingerprint density at radius 3 is 2.86 bits per heavy atom. The molecular formula is C9H9BrCl2N2. The number of fused-ring (bicyclic) bond motifs is 1. The van der Waals surface area contributed by atoms with E-state index in [1.807, 2.05) is 29.7 Å². The lowest BCUT2D eigenvalue weighted by Crippen LogP contribution is -1.90. The Morgan fingerprint density at radius 2 is 2.21 bits per heavy atom. The fourth-order valence-corrected chi connectivity index (χ4v) is 2.01. The molecule has 2 nitrogen and oxygen atoms in total. The van der Waals surface area contributed by atoms with Crippen molar-refractivity contribution in [2.24, 2.45) is 0 Å². The zero-order valence-corrected chi connectivity index (χ0v) is 10.7. The van der Waals surface area contributed by atoms with Crippen LogP contribution in [-0.4, -0.2) is 9.38 Å². The minimum atomic E-state index is 0. The molecule has 0 saturated carbocycles. The molecule has 0 spiro atoms. The zero-order valence-electron chi connectivity index (χ0n) is 7.50. The summed E-state index contributed by atoms with van der Waals surface area (Å²) in [4.78, 5) is 4.38. The lowest BCUT2D eigenvalue weighted by molar-refractivity contribution is 1.07. The van der Waals surface area contributed by atoms with Crippen molar-refractivity contribution < 1.29 is 0 Å². The van der Waals surface area contributed by atoms with Crippen LogP contribution in [0.25, 0.3) is 5.65 Å². The van der Waals surface area contributed by atoms with Gasteiger partial charge in [-0.15, -0.1) is 24.0 Å². The summed E-state index contributed by atoms with van der Waals surface area (Å²) in [6.07, 6.45) is 1.98. The van der Waals surface area contributed by atoms with E-state index in [1.54, 1.807) is 0 Å². The monoisotopic (exact) mass is 294 g/mol. The third-order valence-electron chi connectivity index (χ3n) is 2.01. The van der Waals surface area contributed by atoms with Gasteiger partial charge in [0.05, 0.1) is 17.3 Å². The molecule has 0 aliphatic heterocycles. The fraction of sp³-hybridized carbons (Fsp3) is 0.222. The lowest BCUT2D eigenvalue weighted by atomic mass is 10.4. The molecule has 0 amide bonds. The molecule has 0 radical (unpaired) electrons. The number of alkyl halides is 1. The van der Waals surface area contributed by atoms with E-state index in [4.69, 9.17) is 11.6 Å². The molecule has 2 aromatic rings. The molecular weight excluding hydrogens is 287 g/mol. The molecule has 0 bridgehead atoms. The maximum atomic E-state index is 5.83. The van der Waals surface area contributed by atoms with Gasteiger partial charge in [0.15, 0.2) is 0 Å². The van der Waals surface area contributed by atoms with Gasteiger partial charge >= 0.3 is 0 Å². The lowest BCUT2D eigenvalue weighted by Gasteiger charge is -1.98. The minimum Gasteiger partial charge on any atom is -0.301 e. The maximum Gasteiger partial charge on any atom is 0.137 e. The Hall–Kier alpha value is -0.250. The Morgan fingerprint density at radius 1 is 1.50 bits per heavy atom. The van der Waals surface area contributed by atoms with Crippen molar-refractivity contribution in [3.8, 4) is 0 Å². The van der Waals surface area contributed by atoms with Crippen LogP contribution in [0.2, 0.25) is 0 Å². The van der Waals surface area contributed by atoms with E-state index in [0.29, 0.717) is 5.88 Å². The molecule has 2 aromatic heterocycles. The number of aromatic nitrogens is 2. The van der Waals surface area contributed by atoms with E-state index >= 15 is 0 Å². The highest BCUT2D eigenvalue weighted by molar-refractivity contribution is 9.10. The number of hydrogen-bond donors (Lipinski definition) is 0. The summed E-state index contributed by atoms with van der Waals surface area (Å²) >= 11 is 9.24. The second kappa shape index (κ2) is 4.51. The molecule has 76 valence electrons. The summed E-state index contributed by atoms with van der Waals surface area (Å²) in [7, 11) is 0. The Kier molecular flexibility index (Phi) is 3.81. The maximum absolute atomic E-state index is 5.83. The summed E-state index contributed by atoms with van der Waals surface area (Å²) in [5.74, 6) is 0.490. The number of pyridine rings is 1. The predicted octanol–water partition coefficient (Wildman–Crippen LogP) is 3.57. The summed E-state index contributed by atoms with van der Waals surface area (Å²) < 4.78 is 3.04. The highest BCUT2D eigenvalue weighted by atomic mass is 79.9. The normalized spacial score (nSPS) is 10.2. The van der Waals surface area contributed by atoms with Gasteiger partial charge in [-0.25, -0.2) is 4.98 Å². The molecule has 0 aliphatic rings. The van der Waals surface area contributed by atoms with Gasteiger partial charge in [0, 0.05) is 10.7 Å². The first kappa shape index (κ1) is 11.8. The van der Waals surface area contributed by atoms with E-state index in [-0.39, 0.29) is 12.4 Å². The van der Waals surface area contributed by atoms with Crippen molar-refractivity contribution in [3.05, 3.63) is 34.2 Å². The largest absolute Gasteiger partial charge is 0.301 e. The third-order valence-corrected chi connectivity index (χ3v) is 2.73. The van der Waals surface area contributed by atoms with Crippen LogP contribution in [0.15, 0.2) is 22.8 Å². The first-order valence-corrected chi connectivity index (χ1v) is 5.24. The average Bonchev–Trinajstić information content (AvgIpc) is 2.40. The van der Waals surface area contributed by atoms with E-state index < -0.39 is 0 Å². The van der Waals surface area contributed by atoms with Crippen LogP contribution in [-0.2, 0) is 5.88 Å². The molecule has 0 N–H and O–H groups in total. The Balaban J connectivity index is 0.000000980. The first-order chi connectivity index (χ1) is 6.22. The molecule has 2 heterocycles. The number of nitrogens with zero attached hydrogens (tertiary/aromatic N) is 2.